The van der Waals surface area contributed by atoms with Crippen LogP contribution in [0.15, 0.2) is 12.4 Å². The van der Waals surface area contributed by atoms with Gasteiger partial charge in [0.25, 0.3) is 0 Å². The zero-order chi connectivity index (χ0) is 11.9. The minimum atomic E-state index is 0.290. The number of nitrogens with two attached hydrogens (primary N) is 1. The zero-order valence-corrected chi connectivity index (χ0v) is 9.76. The van der Waals surface area contributed by atoms with Crippen molar-refractivity contribution in [3.05, 3.63) is 12.4 Å². The molecule has 17 heavy (non-hydrogen) atoms. The van der Waals surface area contributed by atoms with Crippen LogP contribution in [0, 0.1) is 0 Å². The Hall–Kier alpha value is -1.40. The maximum absolute atomic E-state index is 5.52. The summed E-state index contributed by atoms with van der Waals surface area (Å²) in [6.07, 6.45) is 4.01. The van der Waals surface area contributed by atoms with E-state index in [2.05, 4.69) is 15.3 Å². The standard InChI is InChI=1S/C11H18N4O2/c12-3-5-17-11-6-10(14-8-15-11)13-7-9-2-1-4-16-9/h6,8-9H,1-5,7,12H2,(H,13,14,15)/t9-/m1/s1. The van der Waals surface area contributed by atoms with Gasteiger partial charge in [-0.2, -0.15) is 0 Å². The highest BCUT2D eigenvalue weighted by Crippen LogP contribution is 2.14. The van der Waals surface area contributed by atoms with Crippen LogP contribution in [-0.2, 0) is 4.74 Å². The first-order chi connectivity index (χ1) is 8.38. The molecule has 1 aliphatic rings. The highest BCUT2D eigenvalue weighted by atomic mass is 16.5. The number of anilines is 1. The van der Waals surface area contributed by atoms with Crippen molar-refractivity contribution in [1.82, 2.24) is 9.97 Å². The quantitative estimate of drug-likeness (QED) is 0.746. The van der Waals surface area contributed by atoms with E-state index in [-0.39, 0.29) is 0 Å². The van der Waals surface area contributed by atoms with Crippen LogP contribution >= 0.6 is 0 Å². The van der Waals surface area contributed by atoms with E-state index in [9.17, 15) is 0 Å². The molecule has 94 valence electrons. The Kier molecular flexibility index (Phi) is 4.52. The molecule has 1 aromatic heterocycles. The number of rotatable bonds is 6. The minimum Gasteiger partial charge on any atom is -0.476 e. The number of hydrogen-bond acceptors (Lipinski definition) is 6. The fourth-order valence-corrected chi connectivity index (χ4v) is 1.70. The van der Waals surface area contributed by atoms with Crippen LogP contribution in [0.2, 0.25) is 0 Å². The number of nitrogens with one attached hydrogen (secondary N) is 1. The Labute approximate surface area is 101 Å². The van der Waals surface area contributed by atoms with Crippen molar-refractivity contribution in [2.45, 2.75) is 18.9 Å². The molecule has 0 aromatic carbocycles. The molecule has 0 unspecified atom stereocenters. The summed E-state index contributed by atoms with van der Waals surface area (Å²) in [4.78, 5) is 8.12. The number of hydrogen-bond donors (Lipinski definition) is 2. The zero-order valence-electron chi connectivity index (χ0n) is 9.76. The molecular formula is C11H18N4O2. The van der Waals surface area contributed by atoms with Crippen LogP contribution in [0.4, 0.5) is 5.82 Å². The first-order valence-electron chi connectivity index (χ1n) is 5.89. The van der Waals surface area contributed by atoms with Crippen LogP contribution in [0.25, 0.3) is 0 Å². The predicted octanol–water partition coefficient (Wildman–Crippen LogP) is 0.405. The van der Waals surface area contributed by atoms with Gasteiger partial charge in [0.1, 0.15) is 18.8 Å². The molecule has 0 aliphatic carbocycles. The minimum absolute atomic E-state index is 0.290. The fraction of sp³-hybridized carbons (Fsp3) is 0.636. The van der Waals surface area contributed by atoms with Crippen LogP contribution in [0.3, 0.4) is 0 Å². The Bertz CT molecular complexity index is 342. The Morgan fingerprint density at radius 2 is 2.47 bits per heavy atom. The number of aromatic nitrogens is 2. The van der Waals surface area contributed by atoms with Gasteiger partial charge >= 0.3 is 0 Å². The van der Waals surface area contributed by atoms with Crippen LogP contribution in [0.5, 0.6) is 5.88 Å². The lowest BCUT2D eigenvalue weighted by Gasteiger charge is -2.11. The van der Waals surface area contributed by atoms with Crippen molar-refractivity contribution < 1.29 is 9.47 Å². The van der Waals surface area contributed by atoms with Gasteiger partial charge in [0.15, 0.2) is 0 Å². The van der Waals surface area contributed by atoms with E-state index in [0.717, 1.165) is 31.8 Å². The molecule has 1 saturated heterocycles. The van der Waals surface area contributed by atoms with Gasteiger partial charge in [-0.3, -0.25) is 0 Å². The van der Waals surface area contributed by atoms with E-state index in [1.807, 2.05) is 0 Å². The van der Waals surface area contributed by atoms with Crippen molar-refractivity contribution in [2.24, 2.45) is 5.73 Å². The Balaban J connectivity index is 1.82. The molecule has 2 heterocycles. The van der Waals surface area contributed by atoms with Gasteiger partial charge in [0, 0.05) is 25.8 Å². The summed E-state index contributed by atoms with van der Waals surface area (Å²) in [5.74, 6) is 1.29. The second-order valence-electron chi connectivity index (χ2n) is 3.89. The van der Waals surface area contributed by atoms with E-state index in [1.165, 1.54) is 6.33 Å². The topological polar surface area (TPSA) is 82.3 Å². The molecule has 1 aromatic rings. The lowest BCUT2D eigenvalue weighted by Crippen LogP contribution is -2.19. The highest BCUT2D eigenvalue weighted by Gasteiger charge is 2.15. The third-order valence-corrected chi connectivity index (χ3v) is 2.54. The smallest absolute Gasteiger partial charge is 0.218 e. The van der Waals surface area contributed by atoms with Crippen molar-refractivity contribution in [3.8, 4) is 5.88 Å². The molecule has 1 atom stereocenters. The van der Waals surface area contributed by atoms with Crippen molar-refractivity contribution in [1.29, 1.82) is 0 Å². The number of ether oxygens (including phenoxy) is 2. The maximum atomic E-state index is 5.52. The van der Waals surface area contributed by atoms with Crippen LogP contribution < -0.4 is 15.8 Å². The largest absolute Gasteiger partial charge is 0.476 e. The summed E-state index contributed by atoms with van der Waals surface area (Å²) in [7, 11) is 0. The second-order valence-corrected chi connectivity index (χ2v) is 3.89. The van der Waals surface area contributed by atoms with E-state index in [0.29, 0.717) is 25.1 Å². The predicted molar refractivity (Wildman–Crippen MR) is 64.0 cm³/mol. The molecule has 0 saturated carbocycles. The second kappa shape index (κ2) is 6.36. The lowest BCUT2D eigenvalue weighted by molar-refractivity contribution is 0.120. The third-order valence-electron chi connectivity index (χ3n) is 2.54. The average molecular weight is 238 g/mol. The molecule has 6 nitrogen and oxygen atoms in total. The summed E-state index contributed by atoms with van der Waals surface area (Å²) in [5.41, 5.74) is 5.36. The monoisotopic (exact) mass is 238 g/mol. The summed E-state index contributed by atoms with van der Waals surface area (Å²) >= 11 is 0. The van der Waals surface area contributed by atoms with E-state index >= 15 is 0 Å². The van der Waals surface area contributed by atoms with Crippen molar-refractivity contribution >= 4 is 5.82 Å². The molecule has 6 heteroatoms. The van der Waals surface area contributed by atoms with E-state index in [1.54, 1.807) is 6.07 Å². The Morgan fingerprint density at radius 1 is 1.53 bits per heavy atom. The lowest BCUT2D eigenvalue weighted by atomic mass is 10.2. The molecule has 0 amide bonds. The molecule has 1 fully saturated rings. The van der Waals surface area contributed by atoms with E-state index in [4.69, 9.17) is 15.2 Å². The van der Waals surface area contributed by atoms with Gasteiger partial charge in [-0.15, -0.1) is 0 Å². The SMILES string of the molecule is NCCOc1cc(NC[C@H]2CCCO2)ncn1. The van der Waals surface area contributed by atoms with Gasteiger partial charge < -0.3 is 20.5 Å². The summed E-state index contributed by atoms with van der Waals surface area (Å²) in [6, 6.07) is 1.77. The summed E-state index contributed by atoms with van der Waals surface area (Å²) < 4.78 is 10.8. The number of nitrogens with zero attached hydrogens (tertiary/aromatic N) is 2. The third kappa shape index (κ3) is 3.83. The van der Waals surface area contributed by atoms with Crippen molar-refractivity contribution in [2.75, 3.05) is 31.6 Å². The van der Waals surface area contributed by atoms with Crippen LogP contribution in [-0.4, -0.2) is 42.4 Å². The molecule has 2 rings (SSSR count). The molecule has 3 N–H and O–H groups in total. The molecule has 0 bridgehead atoms. The first kappa shape index (κ1) is 12.1. The van der Waals surface area contributed by atoms with Gasteiger partial charge in [-0.05, 0) is 12.8 Å². The van der Waals surface area contributed by atoms with Gasteiger partial charge in [0.2, 0.25) is 5.88 Å². The Morgan fingerprint density at radius 3 is 3.24 bits per heavy atom. The van der Waals surface area contributed by atoms with Crippen molar-refractivity contribution in [3.63, 3.8) is 0 Å². The highest BCUT2D eigenvalue weighted by molar-refractivity contribution is 5.37. The summed E-state index contributed by atoms with van der Waals surface area (Å²) in [5, 5.41) is 3.22. The molecule has 0 spiro atoms. The normalized spacial score (nSPS) is 19.2. The maximum Gasteiger partial charge on any atom is 0.218 e. The fourth-order valence-electron chi connectivity index (χ4n) is 1.70. The average Bonchev–Trinajstić information content (AvgIpc) is 2.87. The molecule has 0 radical (unpaired) electrons. The van der Waals surface area contributed by atoms with Gasteiger partial charge in [-0.25, -0.2) is 9.97 Å². The summed E-state index contributed by atoms with van der Waals surface area (Å²) in [6.45, 7) is 2.57. The molecule has 1 aliphatic heterocycles. The first-order valence-corrected chi connectivity index (χ1v) is 5.89. The van der Waals surface area contributed by atoms with E-state index < -0.39 is 0 Å². The van der Waals surface area contributed by atoms with Crippen LogP contribution in [0.1, 0.15) is 12.8 Å². The molecular weight excluding hydrogens is 220 g/mol. The van der Waals surface area contributed by atoms with Gasteiger partial charge in [-0.1, -0.05) is 0 Å². The van der Waals surface area contributed by atoms with Gasteiger partial charge in [0.05, 0.1) is 6.10 Å².